The smallest absolute Gasteiger partial charge is 0.280 e. The van der Waals surface area contributed by atoms with Crippen LogP contribution in [0, 0.1) is 6.92 Å². The summed E-state index contributed by atoms with van der Waals surface area (Å²) < 4.78 is 1.53. The lowest BCUT2D eigenvalue weighted by Crippen LogP contribution is -2.26. The average Bonchev–Trinajstić information content (AvgIpc) is 3.03. The van der Waals surface area contributed by atoms with E-state index >= 15 is 0 Å². The van der Waals surface area contributed by atoms with Gasteiger partial charge >= 0.3 is 0 Å². The number of aromatic nitrogens is 2. The number of rotatable bonds is 3. The van der Waals surface area contributed by atoms with Crippen molar-refractivity contribution in [3.63, 3.8) is 0 Å². The van der Waals surface area contributed by atoms with Crippen molar-refractivity contribution in [3.8, 4) is 5.69 Å². The van der Waals surface area contributed by atoms with Crippen LogP contribution in [0.25, 0.3) is 5.69 Å². The van der Waals surface area contributed by atoms with Gasteiger partial charge in [0, 0.05) is 33.7 Å². The van der Waals surface area contributed by atoms with Crippen molar-refractivity contribution in [2.45, 2.75) is 13.3 Å². The summed E-state index contributed by atoms with van der Waals surface area (Å²) in [6, 6.07) is 13.7. The van der Waals surface area contributed by atoms with Crippen molar-refractivity contribution in [1.29, 1.82) is 0 Å². The summed E-state index contributed by atoms with van der Waals surface area (Å²) in [5.41, 5.74) is 2.21. The van der Waals surface area contributed by atoms with Crippen LogP contribution in [-0.2, 0) is 11.2 Å². The van der Waals surface area contributed by atoms with Crippen molar-refractivity contribution in [2.24, 2.45) is 0 Å². The molecule has 1 aliphatic rings. The molecule has 4 rings (SSSR count). The summed E-state index contributed by atoms with van der Waals surface area (Å²) in [6.45, 7) is 1.74. The van der Waals surface area contributed by atoms with Crippen molar-refractivity contribution in [1.82, 2.24) is 9.78 Å². The van der Waals surface area contributed by atoms with Crippen LogP contribution in [0.1, 0.15) is 21.7 Å². The van der Waals surface area contributed by atoms with E-state index in [1.54, 1.807) is 19.1 Å². The highest BCUT2D eigenvalue weighted by Gasteiger charge is 2.22. The minimum atomic E-state index is -0.657. The molecule has 8 heteroatoms. The number of nitrogens with zero attached hydrogens (tertiary/aromatic N) is 2. The third-order valence-corrected chi connectivity index (χ3v) is 4.73. The maximum Gasteiger partial charge on any atom is 0.280 e. The average molecular weight is 395 g/mol. The molecule has 3 aromatic rings. The number of para-hydroxylation sites is 1. The van der Waals surface area contributed by atoms with Gasteiger partial charge in [-0.1, -0.05) is 29.8 Å². The van der Waals surface area contributed by atoms with Crippen LogP contribution in [0.5, 0.6) is 0 Å². The Balaban J connectivity index is 1.68. The number of hydrogen-bond donors (Lipinski definition) is 2. The third kappa shape index (κ3) is 3.27. The highest BCUT2D eigenvalue weighted by molar-refractivity contribution is 6.33. The normalized spacial score (nSPS) is 12.4. The Bertz CT molecular complexity index is 1170. The van der Waals surface area contributed by atoms with E-state index in [2.05, 4.69) is 15.7 Å². The van der Waals surface area contributed by atoms with E-state index in [1.807, 2.05) is 30.3 Å². The highest BCUT2D eigenvalue weighted by atomic mass is 35.5. The number of amides is 2. The van der Waals surface area contributed by atoms with E-state index in [-0.39, 0.29) is 18.0 Å². The molecule has 0 radical (unpaired) electrons. The van der Waals surface area contributed by atoms with Crippen LogP contribution in [-0.4, -0.2) is 21.6 Å². The minimum absolute atomic E-state index is 0.161. The molecule has 0 saturated carbocycles. The van der Waals surface area contributed by atoms with Crippen LogP contribution in [0.3, 0.4) is 0 Å². The Morgan fingerprint density at radius 1 is 1.18 bits per heavy atom. The number of anilines is 2. The van der Waals surface area contributed by atoms with Gasteiger partial charge in [0.05, 0.1) is 12.1 Å². The predicted octanol–water partition coefficient (Wildman–Crippen LogP) is 2.94. The van der Waals surface area contributed by atoms with Crippen LogP contribution in [0.2, 0.25) is 5.02 Å². The molecule has 0 aliphatic carbocycles. The summed E-state index contributed by atoms with van der Waals surface area (Å²) in [5.74, 6) is -0.818. The van der Waals surface area contributed by atoms with Gasteiger partial charge in [-0.3, -0.25) is 14.4 Å². The zero-order valence-electron chi connectivity index (χ0n) is 14.8. The quantitative estimate of drug-likeness (QED) is 0.714. The fourth-order valence-corrected chi connectivity index (χ4v) is 3.37. The zero-order valence-corrected chi connectivity index (χ0v) is 15.6. The van der Waals surface area contributed by atoms with Gasteiger partial charge in [-0.15, -0.1) is 0 Å². The lowest BCUT2D eigenvalue weighted by molar-refractivity contribution is -0.115. The summed E-state index contributed by atoms with van der Waals surface area (Å²) in [5, 5.41) is 9.92. The Kier molecular flexibility index (Phi) is 4.44. The van der Waals surface area contributed by atoms with Gasteiger partial charge in [-0.25, -0.2) is 4.68 Å². The molecule has 1 aliphatic heterocycles. The molecule has 28 heavy (non-hydrogen) atoms. The summed E-state index contributed by atoms with van der Waals surface area (Å²) in [4.78, 5) is 36.6. The molecular weight excluding hydrogens is 380 g/mol. The lowest BCUT2D eigenvalue weighted by atomic mass is 10.1. The van der Waals surface area contributed by atoms with E-state index in [0.29, 0.717) is 27.7 Å². The number of carbonyl (C=O) groups excluding carboxylic acids is 2. The van der Waals surface area contributed by atoms with Gasteiger partial charge in [0.1, 0.15) is 0 Å². The molecule has 0 fully saturated rings. The summed E-state index contributed by atoms with van der Waals surface area (Å²) >= 11 is 6.20. The number of aryl methyl sites for hydroxylation is 1. The number of hydrogen-bond acceptors (Lipinski definition) is 4. The maximum atomic E-state index is 12.7. The summed E-state index contributed by atoms with van der Waals surface area (Å²) in [6.07, 6.45) is 0.198. The Morgan fingerprint density at radius 3 is 2.68 bits per heavy atom. The number of fused-ring (bicyclic) bond motifs is 1. The van der Waals surface area contributed by atoms with E-state index < -0.39 is 11.3 Å². The molecule has 2 aromatic carbocycles. The van der Waals surface area contributed by atoms with E-state index in [9.17, 15) is 14.4 Å². The van der Waals surface area contributed by atoms with Crippen LogP contribution in [0.15, 0.2) is 53.3 Å². The molecular formula is C20H15ClN4O3. The van der Waals surface area contributed by atoms with Gasteiger partial charge in [0.25, 0.3) is 5.91 Å². The second-order valence-corrected chi connectivity index (χ2v) is 6.82. The SMILES string of the molecule is Cc1cc(=O)c(C(=O)Nc2cc(Cl)c3c(c2)NC(=O)C3)nn1-c1ccccc1. The number of benzene rings is 2. The Labute approximate surface area is 165 Å². The molecule has 2 N–H and O–H groups in total. The molecule has 1 aromatic heterocycles. The molecule has 7 nitrogen and oxygen atoms in total. The van der Waals surface area contributed by atoms with Crippen molar-refractivity contribution in [3.05, 3.63) is 80.7 Å². The van der Waals surface area contributed by atoms with Gasteiger partial charge in [0.2, 0.25) is 11.3 Å². The molecule has 0 atom stereocenters. The topological polar surface area (TPSA) is 93.1 Å². The van der Waals surface area contributed by atoms with Crippen LogP contribution in [0.4, 0.5) is 11.4 Å². The van der Waals surface area contributed by atoms with Crippen molar-refractivity contribution in [2.75, 3.05) is 10.6 Å². The van der Waals surface area contributed by atoms with E-state index in [1.165, 1.54) is 10.7 Å². The molecule has 2 heterocycles. The zero-order chi connectivity index (χ0) is 19.8. The monoisotopic (exact) mass is 394 g/mol. The molecule has 0 bridgehead atoms. The Morgan fingerprint density at radius 2 is 1.93 bits per heavy atom. The first-order valence-corrected chi connectivity index (χ1v) is 8.90. The molecule has 0 unspecified atom stereocenters. The number of nitrogens with one attached hydrogen (secondary N) is 2. The van der Waals surface area contributed by atoms with Crippen LogP contribution < -0.4 is 16.1 Å². The Hall–Kier alpha value is -3.45. The fraction of sp³-hybridized carbons (Fsp3) is 0.100. The van der Waals surface area contributed by atoms with Crippen LogP contribution >= 0.6 is 11.6 Å². The minimum Gasteiger partial charge on any atom is -0.325 e. The second-order valence-electron chi connectivity index (χ2n) is 6.41. The summed E-state index contributed by atoms with van der Waals surface area (Å²) in [7, 11) is 0. The molecule has 140 valence electrons. The first-order valence-electron chi connectivity index (χ1n) is 8.52. The fourth-order valence-electron chi connectivity index (χ4n) is 3.08. The maximum absolute atomic E-state index is 12.7. The van der Waals surface area contributed by atoms with Gasteiger partial charge in [0.15, 0.2) is 5.69 Å². The standard InChI is InChI=1S/C20H15ClN4O3/c1-11-7-17(26)19(24-25(11)13-5-3-2-4-6-13)20(28)22-12-8-15(21)14-10-18(27)23-16(14)9-12/h2-9H,10H2,1H3,(H,22,28)(H,23,27). The van der Waals surface area contributed by atoms with Gasteiger partial charge < -0.3 is 10.6 Å². The largest absolute Gasteiger partial charge is 0.325 e. The number of halogens is 1. The lowest BCUT2D eigenvalue weighted by Gasteiger charge is -2.12. The van der Waals surface area contributed by atoms with Gasteiger partial charge in [-0.2, -0.15) is 5.10 Å². The highest BCUT2D eigenvalue weighted by Crippen LogP contribution is 2.33. The first kappa shape index (κ1) is 17.9. The first-order chi connectivity index (χ1) is 13.4. The molecule has 0 spiro atoms. The van der Waals surface area contributed by atoms with Crippen molar-refractivity contribution >= 4 is 34.8 Å². The second kappa shape index (κ2) is 6.94. The van der Waals surface area contributed by atoms with E-state index in [4.69, 9.17) is 11.6 Å². The molecule has 2 amide bonds. The third-order valence-electron chi connectivity index (χ3n) is 4.39. The predicted molar refractivity (Wildman–Crippen MR) is 106 cm³/mol. The number of carbonyl (C=O) groups is 2. The van der Waals surface area contributed by atoms with E-state index in [0.717, 1.165) is 5.69 Å². The molecule has 0 saturated heterocycles. The van der Waals surface area contributed by atoms with Crippen molar-refractivity contribution < 1.29 is 9.59 Å². The van der Waals surface area contributed by atoms with Gasteiger partial charge in [-0.05, 0) is 31.2 Å².